The van der Waals surface area contributed by atoms with Gasteiger partial charge in [0.25, 0.3) is 0 Å². The van der Waals surface area contributed by atoms with Crippen LogP contribution in [0.5, 0.6) is 0 Å². The average molecular weight is 348 g/mol. The van der Waals surface area contributed by atoms with Crippen molar-refractivity contribution >= 4 is 37.6 Å². The fourth-order valence-electron chi connectivity index (χ4n) is 2.15. The monoisotopic (exact) mass is 347 g/mol. The van der Waals surface area contributed by atoms with Crippen molar-refractivity contribution < 1.29 is 18.3 Å². The second-order valence-corrected chi connectivity index (χ2v) is 8.00. The molecule has 1 aliphatic rings. The Morgan fingerprint density at radius 2 is 2.05 bits per heavy atom. The van der Waals surface area contributed by atoms with E-state index in [1.54, 1.807) is 19.9 Å². The molecule has 104 valence electrons. The van der Waals surface area contributed by atoms with Gasteiger partial charge in [-0.2, -0.15) is 0 Å². The summed E-state index contributed by atoms with van der Waals surface area (Å²) in [5.41, 5.74) is 1.21. The van der Waals surface area contributed by atoms with Gasteiger partial charge in [-0.15, -0.1) is 0 Å². The first-order valence-electron chi connectivity index (χ1n) is 5.82. The van der Waals surface area contributed by atoms with Crippen molar-refractivity contribution in [1.82, 2.24) is 0 Å². The third-order valence-electron chi connectivity index (χ3n) is 3.16. The molecule has 0 saturated carbocycles. The summed E-state index contributed by atoms with van der Waals surface area (Å²) in [5, 5.41) is 8.65. The first-order chi connectivity index (χ1) is 8.75. The van der Waals surface area contributed by atoms with Gasteiger partial charge in [-0.25, -0.2) is 13.2 Å². The van der Waals surface area contributed by atoms with Gasteiger partial charge in [-0.05, 0) is 38.0 Å². The highest BCUT2D eigenvalue weighted by Gasteiger charge is 2.34. The molecule has 1 aliphatic heterocycles. The van der Waals surface area contributed by atoms with Crippen molar-refractivity contribution in [1.29, 1.82) is 0 Å². The Kier molecular flexibility index (Phi) is 3.61. The van der Waals surface area contributed by atoms with Gasteiger partial charge in [-0.1, -0.05) is 15.9 Å². The number of anilines is 1. The van der Waals surface area contributed by atoms with Gasteiger partial charge in [0.2, 0.25) is 10.0 Å². The summed E-state index contributed by atoms with van der Waals surface area (Å²) < 4.78 is 26.4. The first kappa shape index (κ1) is 14.3. The summed E-state index contributed by atoms with van der Waals surface area (Å²) in [6.07, 6.45) is 0.427. The lowest BCUT2D eigenvalue weighted by molar-refractivity contribution is 0.0696. The molecule has 7 heteroatoms. The molecule has 19 heavy (non-hydrogen) atoms. The van der Waals surface area contributed by atoms with Crippen LogP contribution in [0.2, 0.25) is 0 Å². The highest BCUT2D eigenvalue weighted by molar-refractivity contribution is 9.10. The van der Waals surface area contributed by atoms with Crippen molar-refractivity contribution in [3.05, 3.63) is 27.7 Å². The topological polar surface area (TPSA) is 74.7 Å². The van der Waals surface area contributed by atoms with Gasteiger partial charge in [0.1, 0.15) is 0 Å². The van der Waals surface area contributed by atoms with Crippen LogP contribution in [0.3, 0.4) is 0 Å². The number of carboxylic acids is 1. The largest absolute Gasteiger partial charge is 0.478 e. The molecule has 0 bridgehead atoms. The fraction of sp³-hybridized carbons (Fsp3) is 0.417. The average Bonchev–Trinajstić information content (AvgIpc) is 2.71. The van der Waals surface area contributed by atoms with Gasteiger partial charge in [0.15, 0.2) is 0 Å². The van der Waals surface area contributed by atoms with Crippen LogP contribution >= 0.6 is 15.9 Å². The first-order valence-corrected chi connectivity index (χ1v) is 8.12. The number of hydrogen-bond donors (Lipinski definition) is 1. The molecule has 0 radical (unpaired) electrons. The Balaban J connectivity index is 2.61. The Morgan fingerprint density at radius 3 is 2.58 bits per heavy atom. The van der Waals surface area contributed by atoms with Gasteiger partial charge >= 0.3 is 5.97 Å². The van der Waals surface area contributed by atoms with E-state index in [1.165, 1.54) is 10.4 Å². The number of nitrogens with zero attached hydrogens (tertiary/aromatic N) is 1. The number of benzene rings is 1. The zero-order valence-corrected chi connectivity index (χ0v) is 13.0. The standard InChI is InChI=1S/C12H14BrNO4S/c1-7(2)19(17,18)14-4-3-9-10(12(15)16)5-8(13)6-11(9)14/h5-7H,3-4H2,1-2H3,(H,15,16). The van der Waals surface area contributed by atoms with E-state index in [2.05, 4.69) is 15.9 Å². The van der Waals surface area contributed by atoms with Crippen LogP contribution in [0, 0.1) is 0 Å². The minimum absolute atomic E-state index is 0.158. The quantitative estimate of drug-likeness (QED) is 0.909. The molecule has 0 unspecified atom stereocenters. The maximum Gasteiger partial charge on any atom is 0.336 e. The lowest BCUT2D eigenvalue weighted by Crippen LogP contribution is -2.35. The van der Waals surface area contributed by atoms with Crippen molar-refractivity contribution in [2.45, 2.75) is 25.5 Å². The second kappa shape index (κ2) is 4.79. The van der Waals surface area contributed by atoms with Crippen LogP contribution in [0.15, 0.2) is 16.6 Å². The van der Waals surface area contributed by atoms with Crippen LogP contribution in [0.1, 0.15) is 29.8 Å². The third-order valence-corrected chi connectivity index (χ3v) is 5.80. The highest BCUT2D eigenvalue weighted by atomic mass is 79.9. The molecule has 5 nitrogen and oxygen atoms in total. The minimum Gasteiger partial charge on any atom is -0.478 e. The van der Waals surface area contributed by atoms with Gasteiger partial charge < -0.3 is 5.11 Å². The van der Waals surface area contributed by atoms with E-state index in [9.17, 15) is 18.3 Å². The normalized spacial score (nSPS) is 14.8. The zero-order chi connectivity index (χ0) is 14.4. The Bertz CT molecular complexity index is 639. The number of halogens is 1. The number of sulfonamides is 1. The van der Waals surface area contributed by atoms with Crippen LogP contribution < -0.4 is 4.31 Å². The maximum absolute atomic E-state index is 12.3. The maximum atomic E-state index is 12.3. The molecule has 0 atom stereocenters. The summed E-state index contributed by atoms with van der Waals surface area (Å²) in [7, 11) is -3.43. The lowest BCUT2D eigenvalue weighted by Gasteiger charge is -2.22. The Labute approximate surface area is 120 Å². The van der Waals surface area contributed by atoms with E-state index < -0.39 is 21.2 Å². The summed E-state index contributed by atoms with van der Waals surface area (Å²) in [6, 6.07) is 3.17. The SMILES string of the molecule is CC(C)S(=O)(=O)N1CCc2c(C(=O)O)cc(Br)cc21. The van der Waals surface area contributed by atoms with Crippen molar-refractivity contribution in [3.63, 3.8) is 0 Å². The number of carboxylic acid groups (broad SMARTS) is 1. The van der Waals surface area contributed by atoms with E-state index in [0.29, 0.717) is 28.7 Å². The van der Waals surface area contributed by atoms with E-state index in [4.69, 9.17) is 0 Å². The van der Waals surface area contributed by atoms with Gasteiger partial charge in [0, 0.05) is 11.0 Å². The molecule has 1 heterocycles. The number of carbonyl (C=O) groups is 1. The molecule has 2 rings (SSSR count). The Hall–Kier alpha value is -1.08. The smallest absolute Gasteiger partial charge is 0.336 e. The van der Waals surface area contributed by atoms with Crippen molar-refractivity contribution in [2.24, 2.45) is 0 Å². The molecular weight excluding hydrogens is 334 g/mol. The predicted molar refractivity (Wildman–Crippen MR) is 76.2 cm³/mol. The van der Waals surface area contributed by atoms with E-state index in [0.717, 1.165) is 0 Å². The molecule has 1 N–H and O–H groups in total. The molecule has 1 aromatic rings. The van der Waals surface area contributed by atoms with Gasteiger partial charge in [0.05, 0.1) is 16.5 Å². The summed E-state index contributed by atoms with van der Waals surface area (Å²) in [5.74, 6) is -1.04. The molecule has 0 aromatic heterocycles. The van der Waals surface area contributed by atoms with Crippen molar-refractivity contribution in [2.75, 3.05) is 10.8 Å². The second-order valence-electron chi connectivity index (χ2n) is 4.67. The van der Waals surface area contributed by atoms with Crippen molar-refractivity contribution in [3.8, 4) is 0 Å². The third kappa shape index (κ3) is 2.36. The number of hydrogen-bond acceptors (Lipinski definition) is 3. The van der Waals surface area contributed by atoms with Crippen LogP contribution in [-0.2, 0) is 16.4 Å². The molecule has 0 amide bonds. The lowest BCUT2D eigenvalue weighted by atomic mass is 10.1. The Morgan fingerprint density at radius 1 is 1.42 bits per heavy atom. The molecule has 0 fully saturated rings. The van der Waals surface area contributed by atoms with Crippen LogP contribution in [0.4, 0.5) is 5.69 Å². The molecule has 1 aromatic carbocycles. The summed E-state index contributed by atoms with van der Waals surface area (Å²) in [4.78, 5) is 11.2. The summed E-state index contributed by atoms with van der Waals surface area (Å²) in [6.45, 7) is 3.53. The van der Waals surface area contributed by atoms with Crippen LogP contribution in [-0.4, -0.2) is 31.3 Å². The zero-order valence-electron chi connectivity index (χ0n) is 10.6. The van der Waals surface area contributed by atoms with Crippen LogP contribution in [0.25, 0.3) is 0 Å². The molecule has 0 saturated heterocycles. The molecule has 0 spiro atoms. The van der Waals surface area contributed by atoms with E-state index in [1.807, 2.05) is 0 Å². The van der Waals surface area contributed by atoms with Gasteiger partial charge in [-0.3, -0.25) is 4.31 Å². The highest BCUT2D eigenvalue weighted by Crippen LogP contribution is 2.36. The number of rotatable bonds is 3. The number of fused-ring (bicyclic) bond motifs is 1. The fourth-order valence-corrected chi connectivity index (χ4v) is 3.89. The predicted octanol–water partition coefficient (Wildman–Crippen LogP) is 2.25. The number of aromatic carboxylic acids is 1. The molecular formula is C12H14BrNO4S. The van der Waals surface area contributed by atoms with E-state index in [-0.39, 0.29) is 5.56 Å². The summed E-state index contributed by atoms with van der Waals surface area (Å²) >= 11 is 3.23. The molecule has 0 aliphatic carbocycles. The minimum atomic E-state index is -3.43. The van der Waals surface area contributed by atoms with E-state index >= 15 is 0 Å².